The molecule has 3 N–H and O–H groups in total. The van der Waals surface area contributed by atoms with Crippen LogP contribution < -0.4 is 11.1 Å². The summed E-state index contributed by atoms with van der Waals surface area (Å²) in [5.74, 6) is -0.659. The Kier molecular flexibility index (Phi) is 4.65. The molecule has 0 unspecified atom stereocenters. The van der Waals surface area contributed by atoms with Crippen molar-refractivity contribution < 1.29 is 14.4 Å². The van der Waals surface area contributed by atoms with E-state index in [-0.39, 0.29) is 30.1 Å². The van der Waals surface area contributed by atoms with Crippen molar-refractivity contribution in [3.05, 3.63) is 41.0 Å². The second-order valence-corrected chi connectivity index (χ2v) is 8.39. The van der Waals surface area contributed by atoms with Gasteiger partial charge in [0.25, 0.3) is 5.91 Å². The van der Waals surface area contributed by atoms with Gasteiger partial charge < -0.3 is 16.0 Å². The molecule has 1 saturated heterocycles. The maximum absolute atomic E-state index is 13.2. The molecule has 1 saturated carbocycles. The van der Waals surface area contributed by atoms with Crippen molar-refractivity contribution in [1.82, 2.24) is 29.6 Å². The molecule has 5 rings (SSSR count). The van der Waals surface area contributed by atoms with Crippen LogP contribution in [0.4, 0.5) is 5.82 Å². The highest BCUT2D eigenvalue weighted by Gasteiger charge is 2.56. The molecule has 3 amide bonds. The summed E-state index contributed by atoms with van der Waals surface area (Å²) in [4.78, 5) is 51.8. The molecule has 3 aromatic heterocycles. The molecule has 0 aromatic carbocycles. The highest BCUT2D eigenvalue weighted by atomic mass is 79.9. The average molecular weight is 485 g/mol. The molecule has 2 fully saturated rings. The van der Waals surface area contributed by atoms with Gasteiger partial charge >= 0.3 is 0 Å². The summed E-state index contributed by atoms with van der Waals surface area (Å²) < 4.78 is 1.86. The number of nitrogens with two attached hydrogens (primary N) is 1. The minimum Gasteiger partial charge on any atom is -0.364 e. The molecule has 12 heteroatoms. The molecule has 11 nitrogen and oxygen atoms in total. The Bertz CT molecular complexity index is 1230. The van der Waals surface area contributed by atoms with E-state index >= 15 is 0 Å². The van der Waals surface area contributed by atoms with E-state index in [1.54, 1.807) is 23.2 Å². The van der Waals surface area contributed by atoms with E-state index in [0.29, 0.717) is 33.8 Å². The van der Waals surface area contributed by atoms with Crippen molar-refractivity contribution in [1.29, 1.82) is 0 Å². The van der Waals surface area contributed by atoms with E-state index in [1.165, 1.54) is 17.1 Å². The number of piperidine rings is 1. The fourth-order valence-corrected chi connectivity index (χ4v) is 4.48. The predicted molar refractivity (Wildman–Crippen MR) is 112 cm³/mol. The molecule has 1 aliphatic carbocycles. The van der Waals surface area contributed by atoms with Crippen LogP contribution in [-0.4, -0.2) is 59.4 Å². The zero-order valence-corrected chi connectivity index (χ0v) is 17.7. The Balaban J connectivity index is 1.38. The van der Waals surface area contributed by atoms with Gasteiger partial charge in [-0.25, -0.2) is 14.6 Å². The number of hydrogen-bond donors (Lipinski definition) is 2. The number of halogens is 1. The summed E-state index contributed by atoms with van der Waals surface area (Å²) in [5, 5.41) is 7.41. The Hall–Kier alpha value is -3.41. The summed E-state index contributed by atoms with van der Waals surface area (Å²) in [6.45, 7) is -0.148. The number of amides is 3. The third-order valence-electron chi connectivity index (χ3n) is 5.58. The fourth-order valence-electron chi connectivity index (χ4n) is 4.17. The van der Waals surface area contributed by atoms with Gasteiger partial charge in [-0.2, -0.15) is 5.10 Å². The van der Waals surface area contributed by atoms with Crippen LogP contribution >= 0.6 is 15.9 Å². The maximum Gasteiger partial charge on any atom is 0.269 e. The van der Waals surface area contributed by atoms with Crippen molar-refractivity contribution in [2.24, 2.45) is 11.7 Å². The highest BCUT2D eigenvalue weighted by molar-refractivity contribution is 9.10. The number of nitrogens with one attached hydrogen (secondary N) is 1. The lowest BCUT2D eigenvalue weighted by Crippen LogP contribution is -2.46. The summed E-state index contributed by atoms with van der Waals surface area (Å²) in [7, 11) is 0. The van der Waals surface area contributed by atoms with E-state index in [1.807, 2.05) is 0 Å². The number of hydrogen-bond acceptors (Lipinski definition) is 7. The molecule has 0 radical (unpaired) electrons. The van der Waals surface area contributed by atoms with E-state index in [0.717, 1.165) is 6.42 Å². The minimum atomic E-state index is -0.694. The van der Waals surface area contributed by atoms with E-state index < -0.39 is 11.9 Å². The molecule has 3 aromatic rings. The number of nitrogens with zero attached hydrogens (tertiary/aromatic N) is 6. The molecule has 0 bridgehead atoms. The molecule has 3 atom stereocenters. The minimum absolute atomic E-state index is 0.0299. The van der Waals surface area contributed by atoms with Crippen LogP contribution in [0.3, 0.4) is 0 Å². The number of fused-ring (bicyclic) bond motifs is 2. The highest BCUT2D eigenvalue weighted by Crippen LogP contribution is 2.48. The Labute approximate surface area is 184 Å². The molecule has 4 heterocycles. The van der Waals surface area contributed by atoms with Crippen LogP contribution in [0.15, 0.2) is 35.3 Å². The first kappa shape index (κ1) is 19.5. The van der Waals surface area contributed by atoms with Crippen molar-refractivity contribution in [2.45, 2.75) is 31.5 Å². The number of anilines is 1. The van der Waals surface area contributed by atoms with Gasteiger partial charge in [0, 0.05) is 12.2 Å². The summed E-state index contributed by atoms with van der Waals surface area (Å²) in [5.41, 5.74) is 5.87. The number of rotatable bonds is 5. The molecule has 2 aliphatic rings. The van der Waals surface area contributed by atoms with Crippen molar-refractivity contribution in [3.63, 3.8) is 0 Å². The van der Waals surface area contributed by atoms with E-state index in [9.17, 15) is 14.4 Å². The maximum atomic E-state index is 13.2. The van der Waals surface area contributed by atoms with E-state index in [2.05, 4.69) is 41.3 Å². The van der Waals surface area contributed by atoms with Gasteiger partial charge in [0.05, 0.1) is 17.8 Å². The topological polar surface area (TPSA) is 149 Å². The van der Waals surface area contributed by atoms with Crippen molar-refractivity contribution >= 4 is 50.5 Å². The first-order chi connectivity index (χ1) is 14.9. The van der Waals surface area contributed by atoms with Crippen LogP contribution in [0.25, 0.3) is 11.0 Å². The fraction of sp³-hybridized carbons (Fsp3) is 0.316. The summed E-state index contributed by atoms with van der Waals surface area (Å²) >= 11 is 3.22. The summed E-state index contributed by atoms with van der Waals surface area (Å²) in [6.07, 6.45) is 5.97. The van der Waals surface area contributed by atoms with Crippen LogP contribution in [0.2, 0.25) is 0 Å². The first-order valence-electron chi connectivity index (χ1n) is 9.63. The monoisotopic (exact) mass is 484 g/mol. The number of pyridine rings is 1. The Morgan fingerprint density at radius 3 is 2.87 bits per heavy atom. The first-order valence-corrected chi connectivity index (χ1v) is 10.4. The Morgan fingerprint density at radius 2 is 2.10 bits per heavy atom. The molecule has 1 aliphatic heterocycles. The lowest BCUT2D eigenvalue weighted by Gasteiger charge is -2.26. The SMILES string of the molecule is NC(=O)c1nn(CC(=O)N2[C@@H]3C[C@@H]3C[C@H]2C(=O)Nc2cncc(Br)n2)c2ncccc12. The van der Waals surface area contributed by atoms with Gasteiger partial charge in [0.15, 0.2) is 17.2 Å². The standard InChI is InChI=1S/C19H17BrN8O3/c20-13-6-22-7-14(24-13)25-19(31)12-5-9-4-11(9)28(12)15(29)8-27-18-10(2-1-3-23-18)16(26-27)17(21)30/h1-3,6-7,9,11-12H,4-5,8H2,(H2,21,30)(H,24,25,31)/t9-,11-,12+/m1/s1. The Morgan fingerprint density at radius 1 is 1.26 bits per heavy atom. The lowest BCUT2D eigenvalue weighted by atomic mass is 10.1. The lowest BCUT2D eigenvalue weighted by molar-refractivity contribution is -0.138. The van der Waals surface area contributed by atoms with Gasteiger partial charge in [-0.1, -0.05) is 0 Å². The third kappa shape index (κ3) is 3.52. The quantitative estimate of drug-likeness (QED) is 0.541. The second-order valence-electron chi connectivity index (χ2n) is 7.58. The predicted octanol–water partition coefficient (Wildman–Crippen LogP) is 0.711. The van der Waals surface area contributed by atoms with Crippen molar-refractivity contribution in [2.75, 3.05) is 5.32 Å². The molecule has 0 spiro atoms. The summed E-state index contributed by atoms with van der Waals surface area (Å²) in [6, 6.07) is 2.77. The van der Waals surface area contributed by atoms with Gasteiger partial charge in [0.2, 0.25) is 11.8 Å². The largest absolute Gasteiger partial charge is 0.364 e. The zero-order valence-electron chi connectivity index (χ0n) is 16.1. The van der Waals surface area contributed by atoms with Crippen LogP contribution in [-0.2, 0) is 16.1 Å². The number of carbonyl (C=O) groups is 3. The third-order valence-corrected chi connectivity index (χ3v) is 5.96. The second kappa shape index (κ2) is 7.38. The number of primary amides is 1. The van der Waals surface area contributed by atoms with Crippen LogP contribution in [0.5, 0.6) is 0 Å². The number of aromatic nitrogens is 5. The number of carbonyl (C=O) groups excluding carboxylic acids is 3. The van der Waals surface area contributed by atoms with Crippen LogP contribution in [0.1, 0.15) is 23.3 Å². The van der Waals surface area contributed by atoms with Gasteiger partial charge in [-0.3, -0.25) is 19.4 Å². The number of likely N-dealkylation sites (tertiary alicyclic amines) is 1. The molecule has 31 heavy (non-hydrogen) atoms. The average Bonchev–Trinajstić information content (AvgIpc) is 3.24. The van der Waals surface area contributed by atoms with Gasteiger partial charge in [0.1, 0.15) is 17.2 Å². The zero-order chi connectivity index (χ0) is 21.7. The smallest absolute Gasteiger partial charge is 0.269 e. The van der Waals surface area contributed by atoms with Crippen molar-refractivity contribution in [3.8, 4) is 0 Å². The molecule has 158 valence electrons. The van der Waals surface area contributed by atoms with Crippen LogP contribution in [0, 0.1) is 5.92 Å². The van der Waals surface area contributed by atoms with Gasteiger partial charge in [-0.05, 0) is 46.8 Å². The normalized spacial score (nSPS) is 21.7. The van der Waals surface area contributed by atoms with Gasteiger partial charge in [-0.15, -0.1) is 0 Å². The molecular formula is C19H17BrN8O3. The molecular weight excluding hydrogens is 468 g/mol. The van der Waals surface area contributed by atoms with E-state index in [4.69, 9.17) is 5.73 Å².